The van der Waals surface area contributed by atoms with Crippen LogP contribution in [0.3, 0.4) is 0 Å². The summed E-state index contributed by atoms with van der Waals surface area (Å²) in [5.41, 5.74) is -0.765. The average molecular weight is 680 g/mol. The Morgan fingerprint density at radius 1 is 0.721 bits per heavy atom. The van der Waals surface area contributed by atoms with Crippen LogP contribution in [0.4, 0.5) is 34.5 Å². The van der Waals surface area contributed by atoms with Crippen molar-refractivity contribution in [2.45, 2.75) is 26.9 Å². The van der Waals surface area contributed by atoms with Crippen molar-refractivity contribution in [1.82, 2.24) is 9.13 Å². The number of hydrogen-bond acceptors (Lipinski definition) is 16. The molecule has 0 aliphatic rings. The van der Waals surface area contributed by atoms with E-state index in [0.717, 1.165) is 36.4 Å². The van der Waals surface area contributed by atoms with Crippen LogP contribution in [0.1, 0.15) is 13.8 Å². The number of nitrogens with zero attached hydrogens (tertiary/aromatic N) is 8. The zero-order valence-corrected chi connectivity index (χ0v) is 24.5. The molecule has 0 spiro atoms. The van der Waals surface area contributed by atoms with Gasteiger partial charge in [-0.05, 0) is 50.4 Å². The summed E-state index contributed by atoms with van der Waals surface area (Å²) in [5, 5.41) is 74.5. The van der Waals surface area contributed by atoms with Gasteiger partial charge in [-0.2, -0.15) is 0 Å². The average Bonchev–Trinajstić information content (AvgIpc) is 3.39. The molecule has 0 saturated carbocycles. The summed E-state index contributed by atoms with van der Waals surface area (Å²) in [6.07, 6.45) is 0. The third-order valence-corrected chi connectivity index (χ3v) is 5.78. The van der Waals surface area contributed by atoms with E-state index < -0.39 is 9.85 Å². The summed E-state index contributed by atoms with van der Waals surface area (Å²) in [6.45, 7) is 4.26. The molecule has 0 fully saturated rings. The van der Waals surface area contributed by atoms with Gasteiger partial charge in [0.1, 0.15) is 22.9 Å². The minimum atomic E-state index is -0.630. The Kier molecular flexibility index (Phi) is 11.7. The second kappa shape index (κ2) is 14.8. The number of non-ortho nitro benzene ring substituents is 2. The van der Waals surface area contributed by atoms with Crippen LogP contribution in [-0.4, -0.2) is 39.4 Å². The van der Waals surface area contributed by atoms with Crippen molar-refractivity contribution in [3.05, 3.63) is 66.3 Å². The Morgan fingerprint density at radius 3 is 1.35 bits per heavy atom. The topological polar surface area (TPSA) is 253 Å². The first-order valence-electron chi connectivity index (χ1n) is 11.5. The second-order valence-electron chi connectivity index (χ2n) is 7.74. The summed E-state index contributed by atoms with van der Waals surface area (Å²) >= 11 is 9.73. The maximum absolute atomic E-state index is 10.7. The van der Waals surface area contributed by atoms with Crippen LogP contribution in [0.15, 0.2) is 65.7 Å². The number of azo groups is 2. The number of phenols is 2. The van der Waals surface area contributed by atoms with E-state index >= 15 is 0 Å². The van der Waals surface area contributed by atoms with E-state index in [9.17, 15) is 40.7 Å². The molecule has 21 heteroatoms. The van der Waals surface area contributed by atoms with Crippen molar-refractivity contribution in [3.8, 4) is 23.3 Å². The van der Waals surface area contributed by atoms with Crippen molar-refractivity contribution in [2.24, 2.45) is 20.5 Å². The summed E-state index contributed by atoms with van der Waals surface area (Å²) in [6, 6.07) is 6.59. The van der Waals surface area contributed by atoms with Crippen LogP contribution in [-0.2, 0) is 29.9 Å². The van der Waals surface area contributed by atoms with Gasteiger partial charge < -0.3 is 29.3 Å². The van der Waals surface area contributed by atoms with Gasteiger partial charge in [0.05, 0.1) is 9.85 Å². The third kappa shape index (κ3) is 8.06. The fourth-order valence-corrected chi connectivity index (χ4v) is 3.66. The van der Waals surface area contributed by atoms with Crippen molar-refractivity contribution < 1.29 is 55.9 Å². The molecule has 2 heterocycles. The van der Waals surface area contributed by atoms with Crippen LogP contribution in [0.25, 0.3) is 0 Å². The molecule has 0 amide bonds. The van der Waals surface area contributed by atoms with E-state index in [4.69, 9.17) is 33.3 Å². The molecule has 229 valence electrons. The summed E-state index contributed by atoms with van der Waals surface area (Å²) < 4.78 is 12.6. The van der Waals surface area contributed by atoms with Crippen LogP contribution < -0.4 is 0 Å². The molecule has 0 unspecified atom stereocenters. The number of benzene rings is 2. The molecule has 4 rings (SSSR count). The van der Waals surface area contributed by atoms with Crippen molar-refractivity contribution in [1.29, 1.82) is 0 Å². The molecule has 2 aromatic carbocycles. The second-order valence-corrected chi connectivity index (χ2v) is 8.44. The number of nitro benzene ring substituents is 2. The first-order chi connectivity index (χ1) is 19.9. The number of rotatable bonds is 8. The largest absolute Gasteiger partial charge is 0.506 e. The van der Waals surface area contributed by atoms with Crippen molar-refractivity contribution in [3.63, 3.8) is 0 Å². The van der Waals surface area contributed by atoms with E-state index in [0.29, 0.717) is 13.1 Å². The molecule has 0 aliphatic heterocycles. The van der Waals surface area contributed by atoms with Gasteiger partial charge in [0.25, 0.3) is 32.8 Å². The number of aromatic nitrogens is 2. The maximum atomic E-state index is 10.7. The number of nitro groups is 2. The SMILES string of the molecule is CCn1c(O)c(N=Nc2cc([N+](=O)[O-])ccc2O)oc1=S.CCn1c(O)c(N=Nc2cc([N+](=O)[O-])ccc2O)oc1=S.[Co]. The van der Waals surface area contributed by atoms with Gasteiger partial charge in [-0.3, -0.25) is 29.4 Å². The molecule has 43 heavy (non-hydrogen) atoms. The molecule has 0 saturated heterocycles. The van der Waals surface area contributed by atoms with E-state index in [-0.39, 0.29) is 84.2 Å². The molecular formula is C22H20CoN8O10S2. The normalized spacial score (nSPS) is 10.8. The smallest absolute Gasteiger partial charge is 0.302 e. The summed E-state index contributed by atoms with van der Waals surface area (Å²) in [7, 11) is 0. The molecule has 18 nitrogen and oxygen atoms in total. The molecule has 0 aliphatic carbocycles. The molecule has 4 aromatic rings. The summed E-state index contributed by atoms with van der Waals surface area (Å²) in [4.78, 5) is 20.1. The molecule has 0 bridgehead atoms. The monoisotopic (exact) mass is 679 g/mol. The van der Waals surface area contributed by atoms with Gasteiger partial charge in [0.15, 0.2) is 0 Å². The van der Waals surface area contributed by atoms with E-state index in [2.05, 4.69) is 20.5 Å². The van der Waals surface area contributed by atoms with Gasteiger partial charge in [-0.1, -0.05) is 0 Å². The van der Waals surface area contributed by atoms with Gasteiger partial charge in [-0.15, -0.1) is 20.5 Å². The zero-order valence-electron chi connectivity index (χ0n) is 21.8. The third-order valence-electron chi connectivity index (χ3n) is 5.17. The number of aromatic hydroxyl groups is 4. The predicted molar refractivity (Wildman–Crippen MR) is 148 cm³/mol. The Labute approximate surface area is 260 Å². The Hall–Kier alpha value is -4.99. The Morgan fingerprint density at radius 2 is 1.07 bits per heavy atom. The minimum absolute atomic E-state index is 0. The van der Waals surface area contributed by atoms with E-state index in [1.807, 2.05) is 0 Å². The van der Waals surface area contributed by atoms with E-state index in [1.165, 1.54) is 9.13 Å². The van der Waals surface area contributed by atoms with Gasteiger partial charge in [-0.25, -0.2) is 0 Å². The van der Waals surface area contributed by atoms with Gasteiger partial charge >= 0.3 is 11.8 Å². The fraction of sp³-hybridized carbons (Fsp3) is 0.182. The molecule has 2 aromatic heterocycles. The molecule has 4 N–H and O–H groups in total. The minimum Gasteiger partial charge on any atom is -0.506 e. The fourth-order valence-electron chi connectivity index (χ4n) is 3.07. The zero-order chi connectivity index (χ0) is 31.1. The Balaban J connectivity index is 0.000000293. The summed E-state index contributed by atoms with van der Waals surface area (Å²) in [5.74, 6) is -1.69. The maximum Gasteiger partial charge on any atom is 0.302 e. The van der Waals surface area contributed by atoms with Crippen LogP contribution in [0.5, 0.6) is 23.3 Å². The van der Waals surface area contributed by atoms with Crippen molar-refractivity contribution >= 4 is 59.0 Å². The number of phenolic OH excluding ortho intramolecular Hbond substituents is 2. The molecule has 1 radical (unpaired) electrons. The van der Waals surface area contributed by atoms with Gasteiger partial charge in [0.2, 0.25) is 0 Å². The van der Waals surface area contributed by atoms with Gasteiger partial charge in [0, 0.05) is 54.1 Å². The van der Waals surface area contributed by atoms with E-state index in [1.54, 1.807) is 13.8 Å². The van der Waals surface area contributed by atoms with Crippen LogP contribution >= 0.6 is 24.4 Å². The molecular weight excluding hydrogens is 659 g/mol. The Bertz CT molecular complexity index is 1700. The quantitative estimate of drug-likeness (QED) is 0.0628. The number of hydrogen-bond donors (Lipinski definition) is 4. The number of oxazole rings is 2. The van der Waals surface area contributed by atoms with Crippen molar-refractivity contribution in [2.75, 3.05) is 0 Å². The van der Waals surface area contributed by atoms with Crippen LogP contribution in [0.2, 0.25) is 0 Å². The van der Waals surface area contributed by atoms with Crippen LogP contribution in [0, 0.1) is 29.9 Å². The first kappa shape index (κ1) is 34.2. The molecule has 0 atom stereocenters. The standard InChI is InChI=1S/2C11H10N4O5S.Co/c2*1-2-14-10(17)9(20-11(14)21)13-12-7-5-6(15(18)19)3-4-8(7)16;/h2*3-5,16-17H,2H2,1H3;. The predicted octanol–water partition coefficient (Wildman–Crippen LogP) is 7.13. The first-order valence-corrected chi connectivity index (χ1v) is 12.3.